The fourth-order valence-corrected chi connectivity index (χ4v) is 9.38. The zero-order chi connectivity index (χ0) is 29.6. The fraction of sp³-hybridized carbons (Fsp3) is 0.594. The summed E-state index contributed by atoms with van der Waals surface area (Å²) >= 11 is 6.39. The highest BCUT2D eigenvalue weighted by Gasteiger charge is 2.44. The van der Waals surface area contributed by atoms with Gasteiger partial charge in [0.2, 0.25) is 0 Å². The lowest BCUT2D eigenvalue weighted by Gasteiger charge is -2.46. The van der Waals surface area contributed by atoms with Crippen molar-refractivity contribution in [2.45, 2.75) is 82.8 Å². The quantitative estimate of drug-likeness (QED) is 0.465. The number of nitrogens with one attached hydrogen (secondary N) is 1. The van der Waals surface area contributed by atoms with Gasteiger partial charge in [-0.2, -0.15) is 12.7 Å². The number of carbonyl (C=O) groups is 1. The number of nitrogens with zero attached hydrogens (tertiary/aromatic N) is 2. The molecule has 1 saturated carbocycles. The van der Waals surface area contributed by atoms with Crippen LogP contribution in [-0.2, 0) is 22.0 Å². The largest absolute Gasteiger partial charge is 0.490 e. The number of benzene rings is 2. The van der Waals surface area contributed by atoms with Crippen molar-refractivity contribution in [3.05, 3.63) is 58.1 Å². The van der Waals surface area contributed by atoms with E-state index in [1.54, 1.807) is 25.1 Å². The number of halogens is 1. The number of hydrogen-bond acceptors (Lipinski definition) is 6. The van der Waals surface area contributed by atoms with E-state index in [2.05, 4.69) is 21.8 Å². The summed E-state index contributed by atoms with van der Waals surface area (Å²) in [6.45, 7) is 5.84. The number of aliphatic hydroxyl groups excluding tert-OH is 1. The maximum absolute atomic E-state index is 13.4. The van der Waals surface area contributed by atoms with Gasteiger partial charge in [-0.15, -0.1) is 0 Å². The molecule has 42 heavy (non-hydrogen) atoms. The molecule has 1 spiro atoms. The molecule has 10 heteroatoms. The number of fused-ring (bicyclic) bond motifs is 4. The zero-order valence-electron chi connectivity index (χ0n) is 24.5. The zero-order valence-corrected chi connectivity index (χ0v) is 26.1. The van der Waals surface area contributed by atoms with Gasteiger partial charge >= 0.3 is 10.2 Å². The number of aryl methyl sites for hydroxylation is 1. The van der Waals surface area contributed by atoms with Gasteiger partial charge in [0.1, 0.15) is 5.75 Å². The van der Waals surface area contributed by atoms with E-state index >= 15 is 0 Å². The molecule has 228 valence electrons. The van der Waals surface area contributed by atoms with Gasteiger partial charge in [-0.1, -0.05) is 24.6 Å². The molecule has 2 bridgehead atoms. The van der Waals surface area contributed by atoms with E-state index in [1.165, 1.54) is 15.4 Å². The van der Waals surface area contributed by atoms with E-state index in [1.807, 2.05) is 13.0 Å². The molecule has 1 fully saturated rings. The summed E-state index contributed by atoms with van der Waals surface area (Å²) < 4.78 is 36.8. The van der Waals surface area contributed by atoms with Gasteiger partial charge in [0.05, 0.1) is 18.4 Å². The molecule has 5 atom stereocenters. The van der Waals surface area contributed by atoms with Crippen molar-refractivity contribution in [2.24, 2.45) is 11.8 Å². The van der Waals surface area contributed by atoms with Crippen LogP contribution in [0, 0.1) is 11.8 Å². The molecule has 8 nitrogen and oxygen atoms in total. The van der Waals surface area contributed by atoms with E-state index in [0.29, 0.717) is 44.1 Å². The highest BCUT2D eigenvalue weighted by atomic mass is 35.5. The molecule has 1 unspecified atom stereocenters. The van der Waals surface area contributed by atoms with Gasteiger partial charge in [0.15, 0.2) is 0 Å². The lowest BCUT2D eigenvalue weighted by Crippen LogP contribution is -2.50. The summed E-state index contributed by atoms with van der Waals surface area (Å²) in [4.78, 5) is 15.7. The number of hydrogen-bond donors (Lipinski definition) is 2. The molecule has 1 amide bonds. The van der Waals surface area contributed by atoms with Gasteiger partial charge in [-0.25, -0.2) is 4.72 Å². The van der Waals surface area contributed by atoms with Crippen molar-refractivity contribution in [1.29, 1.82) is 0 Å². The van der Waals surface area contributed by atoms with Crippen molar-refractivity contribution in [2.75, 3.05) is 31.1 Å². The monoisotopic (exact) mass is 615 g/mol. The van der Waals surface area contributed by atoms with Crippen LogP contribution < -0.4 is 14.4 Å². The molecule has 6 rings (SSSR count). The van der Waals surface area contributed by atoms with Crippen LogP contribution in [0.5, 0.6) is 5.75 Å². The smallest absolute Gasteiger partial charge is 0.304 e. The van der Waals surface area contributed by atoms with E-state index < -0.39 is 22.2 Å². The minimum atomic E-state index is -4.06. The van der Waals surface area contributed by atoms with Crippen LogP contribution in [0.2, 0.25) is 5.02 Å². The second kappa shape index (κ2) is 11.6. The molecule has 0 radical (unpaired) electrons. The van der Waals surface area contributed by atoms with Crippen LogP contribution in [0.25, 0.3) is 0 Å². The molecule has 0 aromatic heterocycles. The number of aliphatic hydroxyl groups is 1. The summed E-state index contributed by atoms with van der Waals surface area (Å²) in [5, 5.41) is 12.0. The second-order valence-corrected chi connectivity index (χ2v) is 14.8. The van der Waals surface area contributed by atoms with Gasteiger partial charge in [-0.05, 0) is 112 Å². The topological polar surface area (TPSA) is 99.2 Å². The summed E-state index contributed by atoms with van der Waals surface area (Å²) in [6, 6.07) is 11.1. The molecule has 0 saturated heterocycles. The Bertz CT molecular complexity index is 1450. The first-order valence-corrected chi connectivity index (χ1v) is 17.2. The lowest BCUT2D eigenvalue weighted by atomic mass is 9.68. The highest BCUT2D eigenvalue weighted by molar-refractivity contribution is 7.87. The van der Waals surface area contributed by atoms with Gasteiger partial charge < -0.3 is 14.7 Å². The van der Waals surface area contributed by atoms with Gasteiger partial charge in [0.25, 0.3) is 5.91 Å². The van der Waals surface area contributed by atoms with Crippen LogP contribution in [0.4, 0.5) is 5.69 Å². The number of rotatable bonds is 1. The standard InChI is InChI=1S/C32H42ClN3O5S/c1-3-36-21(2)6-4-8-29(37)26-12-9-24(26)18-35-19-32(15-5-7-22-16-25(33)11-13-27(22)32)20-41-30-14-10-23(17-28(30)35)31(38)34-42(36,39)40/h10-11,13-14,16-17,21,24,26,29,37H,3-9,12,15,18-20H2,1-2H3,(H,34,38)/t21?,24-,26+,29-,32-/m0/s1. The van der Waals surface area contributed by atoms with Gasteiger partial charge in [0, 0.05) is 41.7 Å². The van der Waals surface area contributed by atoms with Crippen LogP contribution >= 0.6 is 11.6 Å². The van der Waals surface area contributed by atoms with E-state index in [0.717, 1.165) is 49.4 Å². The van der Waals surface area contributed by atoms with Gasteiger partial charge in [-0.3, -0.25) is 4.79 Å². The molecule has 2 aromatic carbocycles. The molecule has 2 aliphatic heterocycles. The Labute approximate surface area is 254 Å². The molecule has 2 N–H and O–H groups in total. The number of carbonyl (C=O) groups excluding carboxylic acids is 1. The summed E-state index contributed by atoms with van der Waals surface area (Å²) in [5.41, 5.74) is 3.35. The molecular weight excluding hydrogens is 574 g/mol. The van der Waals surface area contributed by atoms with Crippen LogP contribution in [0.15, 0.2) is 36.4 Å². The maximum atomic E-state index is 13.4. The number of anilines is 1. The van der Waals surface area contributed by atoms with E-state index in [9.17, 15) is 18.3 Å². The average Bonchev–Trinajstić information content (AvgIpc) is 3.07. The Morgan fingerprint density at radius 3 is 2.71 bits per heavy atom. The Balaban J connectivity index is 1.41. The van der Waals surface area contributed by atoms with E-state index in [-0.39, 0.29) is 29.5 Å². The van der Waals surface area contributed by atoms with Crippen molar-refractivity contribution >= 4 is 33.4 Å². The predicted molar refractivity (Wildman–Crippen MR) is 165 cm³/mol. The highest BCUT2D eigenvalue weighted by Crippen LogP contribution is 2.47. The third-order valence-corrected chi connectivity index (χ3v) is 12.1. The van der Waals surface area contributed by atoms with E-state index in [4.69, 9.17) is 16.3 Å². The normalized spacial score (nSPS) is 31.6. The molecular formula is C32H42ClN3O5S. The average molecular weight is 616 g/mol. The van der Waals surface area contributed by atoms with Crippen molar-refractivity contribution in [1.82, 2.24) is 9.03 Å². The lowest BCUT2D eigenvalue weighted by molar-refractivity contribution is 0.00850. The fourth-order valence-electron chi connectivity index (χ4n) is 7.80. The Kier molecular flexibility index (Phi) is 8.24. The summed E-state index contributed by atoms with van der Waals surface area (Å²) in [7, 11) is -4.06. The molecule has 4 aliphatic rings. The van der Waals surface area contributed by atoms with Crippen molar-refractivity contribution in [3.8, 4) is 5.75 Å². The minimum Gasteiger partial charge on any atom is -0.490 e. The Hall–Kier alpha value is -2.33. The van der Waals surface area contributed by atoms with Crippen LogP contribution in [-0.4, -0.2) is 62.1 Å². The van der Waals surface area contributed by atoms with Crippen LogP contribution in [0.3, 0.4) is 0 Å². The van der Waals surface area contributed by atoms with Crippen molar-refractivity contribution < 1.29 is 23.1 Å². The SMILES string of the molecule is CCN1C(C)CCC[C@H](O)[C@@H]2CC[C@H]2CN2C[C@@]3(CCCc4cc(Cl)ccc43)COc3ccc(cc32)C(=O)NS1(=O)=O. The van der Waals surface area contributed by atoms with Crippen LogP contribution in [0.1, 0.15) is 80.3 Å². The molecule has 2 aliphatic carbocycles. The predicted octanol–water partition coefficient (Wildman–Crippen LogP) is 5.07. The van der Waals surface area contributed by atoms with Crippen molar-refractivity contribution in [3.63, 3.8) is 0 Å². The Morgan fingerprint density at radius 1 is 1.12 bits per heavy atom. The minimum absolute atomic E-state index is 0.201. The second-order valence-electron chi connectivity index (χ2n) is 12.8. The number of ether oxygens (including phenoxy) is 1. The molecule has 2 aromatic rings. The molecule has 2 heterocycles. The third kappa shape index (κ3) is 5.53. The number of amides is 1. The summed E-state index contributed by atoms with van der Waals surface area (Å²) in [5.74, 6) is 0.566. The summed E-state index contributed by atoms with van der Waals surface area (Å²) in [6.07, 6.45) is 6.57. The Morgan fingerprint density at radius 2 is 1.95 bits per heavy atom. The first-order valence-electron chi connectivity index (χ1n) is 15.4. The maximum Gasteiger partial charge on any atom is 0.304 e. The first-order chi connectivity index (χ1) is 20.1. The third-order valence-electron chi connectivity index (χ3n) is 10.2. The first kappa shape index (κ1) is 29.7.